The molecule has 0 radical (unpaired) electrons. The summed E-state index contributed by atoms with van der Waals surface area (Å²) in [6.45, 7) is 6.57. The Morgan fingerprint density at radius 3 is 0.816 bits per heavy atom. The second-order valence-corrected chi connectivity index (χ2v) is 14.6. The second kappa shape index (κ2) is 39.2. The molecular weight excluding hydrogens is 612 g/mol. The van der Waals surface area contributed by atoms with Gasteiger partial charge in [-0.25, -0.2) is 0 Å². The van der Waals surface area contributed by atoms with Crippen molar-refractivity contribution in [1.82, 2.24) is 0 Å². The summed E-state index contributed by atoms with van der Waals surface area (Å²) in [4.78, 5) is 37.4. The van der Waals surface area contributed by atoms with Crippen LogP contribution in [-0.4, -0.2) is 37.2 Å². The Morgan fingerprint density at radius 1 is 0.327 bits per heavy atom. The van der Waals surface area contributed by atoms with Crippen molar-refractivity contribution in [3.8, 4) is 0 Å². The predicted octanol–water partition coefficient (Wildman–Crippen LogP) is 13.3. The van der Waals surface area contributed by atoms with Gasteiger partial charge in [0.15, 0.2) is 6.10 Å². The summed E-state index contributed by atoms with van der Waals surface area (Å²) in [6.07, 6.45) is 38.2. The lowest BCUT2D eigenvalue weighted by Gasteiger charge is -2.18. The average Bonchev–Trinajstić information content (AvgIpc) is 3.10. The van der Waals surface area contributed by atoms with Crippen LogP contribution in [0.4, 0.5) is 0 Å². The molecule has 0 spiro atoms. The molecule has 0 bridgehead atoms. The predicted molar refractivity (Wildman–Crippen MR) is 206 cm³/mol. The van der Waals surface area contributed by atoms with Gasteiger partial charge in [-0.2, -0.15) is 0 Å². The summed E-state index contributed by atoms with van der Waals surface area (Å²) in [6, 6.07) is 0. The van der Waals surface area contributed by atoms with E-state index >= 15 is 0 Å². The molecule has 1 atom stereocenters. The molecule has 0 rings (SSSR count). The first-order valence-corrected chi connectivity index (χ1v) is 21.5. The molecule has 0 N–H and O–H groups in total. The lowest BCUT2D eigenvalue weighted by molar-refractivity contribution is -0.167. The smallest absolute Gasteiger partial charge is 0.306 e. The Morgan fingerprint density at radius 2 is 0.551 bits per heavy atom. The number of hydrogen-bond donors (Lipinski definition) is 0. The largest absolute Gasteiger partial charge is 0.462 e. The number of carbonyl (C=O) groups is 3. The zero-order valence-corrected chi connectivity index (χ0v) is 33.0. The Balaban J connectivity index is 4.21. The van der Waals surface area contributed by atoms with Crippen molar-refractivity contribution in [3.05, 3.63) is 0 Å². The highest BCUT2D eigenvalue weighted by molar-refractivity contribution is 5.71. The van der Waals surface area contributed by atoms with Gasteiger partial charge in [0, 0.05) is 19.3 Å². The third-order valence-corrected chi connectivity index (χ3v) is 9.61. The first-order valence-electron chi connectivity index (χ1n) is 21.5. The van der Waals surface area contributed by atoms with Gasteiger partial charge in [0.05, 0.1) is 0 Å². The molecule has 0 aliphatic heterocycles. The minimum atomic E-state index is -0.755. The highest BCUT2D eigenvalue weighted by atomic mass is 16.6. The van der Waals surface area contributed by atoms with Crippen LogP contribution in [0.1, 0.15) is 239 Å². The maximum atomic E-state index is 12.6. The van der Waals surface area contributed by atoms with Crippen molar-refractivity contribution in [2.45, 2.75) is 245 Å². The normalized spacial score (nSPS) is 11.8. The van der Waals surface area contributed by atoms with Crippen molar-refractivity contribution in [3.63, 3.8) is 0 Å². The van der Waals surface area contributed by atoms with Gasteiger partial charge in [0.25, 0.3) is 0 Å². The van der Waals surface area contributed by atoms with Gasteiger partial charge in [-0.15, -0.1) is 0 Å². The molecule has 0 fully saturated rings. The van der Waals surface area contributed by atoms with Crippen molar-refractivity contribution in [2.24, 2.45) is 0 Å². The fourth-order valence-electron chi connectivity index (χ4n) is 6.32. The van der Waals surface area contributed by atoms with Gasteiger partial charge in [-0.3, -0.25) is 14.4 Å². The molecule has 0 saturated heterocycles. The third kappa shape index (κ3) is 37.5. The van der Waals surface area contributed by atoms with E-state index in [-0.39, 0.29) is 31.1 Å². The van der Waals surface area contributed by atoms with Crippen LogP contribution in [0.25, 0.3) is 0 Å². The first kappa shape index (κ1) is 47.4. The van der Waals surface area contributed by atoms with Crippen LogP contribution in [0.5, 0.6) is 0 Å². The van der Waals surface area contributed by atoms with E-state index in [1.807, 2.05) is 0 Å². The molecule has 49 heavy (non-hydrogen) atoms. The number of esters is 3. The van der Waals surface area contributed by atoms with Crippen molar-refractivity contribution in [1.29, 1.82) is 0 Å². The quantitative estimate of drug-likeness (QED) is 0.0362. The number of carbonyl (C=O) groups excluding carboxylic acids is 3. The standard InChI is InChI=1S/C43H82O6/c1-4-7-10-13-16-18-20-21-22-23-24-26-27-30-33-36-42(45)48-39-40(38-47-41(44)35-32-29-15-12-9-6-3)49-43(46)37-34-31-28-25-19-17-14-11-8-5-2/h40H,4-39H2,1-3H3. The topological polar surface area (TPSA) is 78.9 Å². The molecule has 1 unspecified atom stereocenters. The van der Waals surface area contributed by atoms with Crippen LogP contribution < -0.4 is 0 Å². The van der Waals surface area contributed by atoms with Crippen LogP contribution in [0, 0.1) is 0 Å². The Bertz CT molecular complexity index is 723. The van der Waals surface area contributed by atoms with E-state index in [0.29, 0.717) is 19.3 Å². The minimum absolute atomic E-state index is 0.0638. The molecule has 0 aromatic rings. The molecule has 0 aromatic carbocycles. The fraction of sp³-hybridized carbons (Fsp3) is 0.930. The molecule has 6 heteroatoms. The molecule has 0 saturated carbocycles. The van der Waals surface area contributed by atoms with Gasteiger partial charge in [0.2, 0.25) is 0 Å². The van der Waals surface area contributed by atoms with Crippen LogP contribution in [-0.2, 0) is 28.6 Å². The molecule has 0 aliphatic rings. The summed E-state index contributed by atoms with van der Waals surface area (Å²) in [5.41, 5.74) is 0. The van der Waals surface area contributed by atoms with Crippen LogP contribution in [0.2, 0.25) is 0 Å². The van der Waals surface area contributed by atoms with E-state index in [4.69, 9.17) is 14.2 Å². The van der Waals surface area contributed by atoms with Gasteiger partial charge in [0.1, 0.15) is 13.2 Å². The number of ether oxygens (including phenoxy) is 3. The Labute approximate surface area is 304 Å². The highest BCUT2D eigenvalue weighted by Crippen LogP contribution is 2.15. The average molecular weight is 695 g/mol. The van der Waals surface area contributed by atoms with E-state index in [1.165, 1.54) is 141 Å². The lowest BCUT2D eigenvalue weighted by atomic mass is 10.0. The zero-order chi connectivity index (χ0) is 35.9. The number of rotatable bonds is 39. The van der Waals surface area contributed by atoms with Crippen molar-refractivity contribution in [2.75, 3.05) is 13.2 Å². The summed E-state index contributed by atoms with van der Waals surface area (Å²) < 4.78 is 16.6. The van der Waals surface area contributed by atoms with Gasteiger partial charge < -0.3 is 14.2 Å². The number of hydrogen-bond acceptors (Lipinski definition) is 6. The molecule has 0 amide bonds. The van der Waals surface area contributed by atoms with E-state index in [2.05, 4.69) is 20.8 Å². The summed E-state index contributed by atoms with van der Waals surface area (Å²) in [5, 5.41) is 0. The van der Waals surface area contributed by atoms with Crippen molar-refractivity contribution >= 4 is 17.9 Å². The van der Waals surface area contributed by atoms with Crippen LogP contribution in [0.15, 0.2) is 0 Å². The monoisotopic (exact) mass is 695 g/mol. The van der Waals surface area contributed by atoms with Crippen molar-refractivity contribution < 1.29 is 28.6 Å². The maximum Gasteiger partial charge on any atom is 0.306 e. The minimum Gasteiger partial charge on any atom is -0.462 e. The lowest BCUT2D eigenvalue weighted by Crippen LogP contribution is -2.30. The van der Waals surface area contributed by atoms with E-state index in [9.17, 15) is 14.4 Å². The number of unbranched alkanes of at least 4 members (excludes halogenated alkanes) is 28. The van der Waals surface area contributed by atoms with Gasteiger partial charge in [-0.1, -0.05) is 201 Å². The second-order valence-electron chi connectivity index (χ2n) is 14.6. The van der Waals surface area contributed by atoms with Gasteiger partial charge in [-0.05, 0) is 19.3 Å². The Hall–Kier alpha value is -1.59. The Kier molecular flexibility index (Phi) is 37.9. The van der Waals surface area contributed by atoms with E-state index in [1.54, 1.807) is 0 Å². The highest BCUT2D eigenvalue weighted by Gasteiger charge is 2.19. The summed E-state index contributed by atoms with van der Waals surface area (Å²) in [7, 11) is 0. The molecular formula is C43H82O6. The fourth-order valence-corrected chi connectivity index (χ4v) is 6.32. The molecule has 0 aromatic heterocycles. The van der Waals surface area contributed by atoms with E-state index in [0.717, 1.165) is 57.8 Å². The first-order chi connectivity index (χ1) is 24.0. The molecule has 6 nitrogen and oxygen atoms in total. The molecule has 0 aliphatic carbocycles. The summed E-state index contributed by atoms with van der Waals surface area (Å²) >= 11 is 0. The third-order valence-electron chi connectivity index (χ3n) is 9.61. The van der Waals surface area contributed by atoms with Crippen LogP contribution in [0.3, 0.4) is 0 Å². The van der Waals surface area contributed by atoms with E-state index < -0.39 is 6.10 Å². The molecule has 0 heterocycles. The van der Waals surface area contributed by atoms with Crippen LogP contribution >= 0.6 is 0 Å². The zero-order valence-electron chi connectivity index (χ0n) is 33.0. The summed E-state index contributed by atoms with van der Waals surface area (Å²) in [5.74, 6) is -0.866. The van der Waals surface area contributed by atoms with Gasteiger partial charge >= 0.3 is 17.9 Å². The SMILES string of the molecule is CCCCCCCCCCCCCCCCCC(=O)OCC(COC(=O)CCCCCCCC)OC(=O)CCCCCCCCCCCC. The molecule has 290 valence electrons. The maximum absolute atomic E-state index is 12.6.